The molecule has 0 heterocycles. The monoisotopic (exact) mass is 513 g/mol. The van der Waals surface area contributed by atoms with Crippen molar-refractivity contribution < 1.29 is 70.0 Å². The molecule has 0 radical (unpaired) electrons. The van der Waals surface area contributed by atoms with Crippen molar-refractivity contribution in [2.45, 2.75) is 60.8 Å². The molecule has 31 heavy (non-hydrogen) atoms. The fourth-order valence-corrected chi connectivity index (χ4v) is 2.03. The summed E-state index contributed by atoms with van der Waals surface area (Å²) in [5.74, 6) is -38.7. The van der Waals surface area contributed by atoms with Crippen LogP contribution in [0.2, 0.25) is 0 Å². The van der Waals surface area contributed by atoms with Crippen molar-refractivity contribution in [2.75, 3.05) is 6.54 Å². The summed E-state index contributed by atoms with van der Waals surface area (Å²) in [5, 5.41) is -7.50. The molecule has 0 saturated carbocycles. The molecule has 4 nitrogen and oxygen atoms in total. The van der Waals surface area contributed by atoms with Crippen molar-refractivity contribution in [3.8, 4) is 0 Å². The van der Waals surface area contributed by atoms with Gasteiger partial charge in [-0.2, -0.15) is 61.1 Å². The van der Waals surface area contributed by atoms with Crippen LogP contribution in [0.15, 0.2) is 12.7 Å². The van der Waals surface area contributed by atoms with Gasteiger partial charge in [-0.05, 0) is 6.42 Å². The van der Waals surface area contributed by atoms with E-state index in [0.29, 0.717) is 6.54 Å². The van der Waals surface area contributed by atoms with E-state index < -0.39 is 64.0 Å². The van der Waals surface area contributed by atoms with Crippen molar-refractivity contribution in [1.29, 1.82) is 0 Å². The van der Waals surface area contributed by atoms with Gasteiger partial charge in [0.2, 0.25) is 0 Å². The third-order valence-corrected chi connectivity index (χ3v) is 4.30. The molecular weight excluding hydrogens is 497 g/mol. The van der Waals surface area contributed by atoms with E-state index in [9.17, 15) is 65.5 Å². The van der Waals surface area contributed by atoms with Crippen LogP contribution in [0.4, 0.5) is 57.1 Å². The number of hydrogen-bond acceptors (Lipinski definition) is 3. The predicted octanol–water partition coefficient (Wildman–Crippen LogP) is 4.91. The van der Waals surface area contributed by atoms with E-state index in [1.807, 2.05) is 0 Å². The fourth-order valence-electron chi connectivity index (χ4n) is 1.58. The summed E-state index contributed by atoms with van der Waals surface area (Å²) in [6.45, 7) is 4.79. The van der Waals surface area contributed by atoms with Crippen molar-refractivity contribution >= 4 is 10.1 Å². The van der Waals surface area contributed by atoms with Gasteiger partial charge in [-0.3, -0.25) is 4.55 Å². The lowest BCUT2D eigenvalue weighted by Gasteiger charge is -2.41. The van der Waals surface area contributed by atoms with Crippen molar-refractivity contribution in [3.63, 3.8) is 0 Å². The van der Waals surface area contributed by atoms with Gasteiger partial charge in [0.1, 0.15) is 0 Å². The topological polar surface area (TPSA) is 80.4 Å². The lowest BCUT2D eigenvalue weighted by molar-refractivity contribution is -0.421. The SMILES string of the molecule is C=CCN.CCCC(F)C(F)(F)C(F)(F)C(F)(F)C(F)(F)C(F)(F)C(F)(F)S(=O)(=O)O. The first-order chi connectivity index (χ1) is 13.4. The minimum absolute atomic E-state index is 0.583. The molecule has 1 unspecified atom stereocenters. The second kappa shape index (κ2) is 9.68. The first-order valence-corrected chi connectivity index (χ1v) is 9.02. The van der Waals surface area contributed by atoms with Crippen LogP contribution in [-0.4, -0.2) is 60.6 Å². The van der Waals surface area contributed by atoms with Crippen molar-refractivity contribution in [3.05, 3.63) is 12.7 Å². The summed E-state index contributed by atoms with van der Waals surface area (Å²) >= 11 is 0. The molecule has 0 aromatic rings. The lowest BCUT2D eigenvalue weighted by atomic mass is 9.91. The maximum atomic E-state index is 13.3. The average molecular weight is 513 g/mol. The van der Waals surface area contributed by atoms with E-state index in [-0.39, 0.29) is 0 Å². The van der Waals surface area contributed by atoms with Crippen molar-refractivity contribution in [1.82, 2.24) is 0 Å². The van der Waals surface area contributed by atoms with Crippen molar-refractivity contribution in [2.24, 2.45) is 5.73 Å². The van der Waals surface area contributed by atoms with Crippen LogP contribution < -0.4 is 5.73 Å². The molecule has 0 aliphatic heterocycles. The van der Waals surface area contributed by atoms with Crippen LogP contribution in [0, 0.1) is 0 Å². The van der Waals surface area contributed by atoms with Gasteiger partial charge < -0.3 is 5.73 Å². The zero-order valence-corrected chi connectivity index (χ0v) is 16.0. The predicted molar refractivity (Wildman–Crippen MR) is 80.3 cm³/mol. The molecule has 188 valence electrons. The highest BCUT2D eigenvalue weighted by molar-refractivity contribution is 7.87. The zero-order chi connectivity index (χ0) is 25.9. The van der Waals surface area contributed by atoms with Crippen LogP contribution in [0.3, 0.4) is 0 Å². The fraction of sp³-hybridized carbons (Fsp3) is 0.846. The molecule has 0 aliphatic rings. The molecule has 0 aromatic carbocycles. The van der Waals surface area contributed by atoms with E-state index >= 15 is 0 Å². The quantitative estimate of drug-likeness (QED) is 0.247. The first-order valence-electron chi connectivity index (χ1n) is 7.58. The van der Waals surface area contributed by atoms with E-state index in [2.05, 4.69) is 6.58 Å². The molecule has 0 amide bonds. The van der Waals surface area contributed by atoms with Crippen LogP contribution in [0.25, 0.3) is 0 Å². The third-order valence-electron chi connectivity index (χ3n) is 3.39. The number of hydrogen-bond donors (Lipinski definition) is 2. The zero-order valence-electron chi connectivity index (χ0n) is 15.1. The standard InChI is InChI=1S/C10H9F13O3S.C3H7N/c1-2-3-4(11)5(12,13)6(14,15)7(16,17)8(18,19)9(20,21)10(22,23)27(24,25)26;1-2-3-4/h4H,2-3H2,1H3,(H,24,25,26);2H,1,3-4H2. The molecule has 0 bridgehead atoms. The molecule has 1 atom stereocenters. The summed E-state index contributed by atoms with van der Waals surface area (Å²) in [4.78, 5) is 0. The Morgan fingerprint density at radius 2 is 1.19 bits per heavy atom. The smallest absolute Gasteiger partial charge is 0.327 e. The normalized spacial score (nSPS) is 15.7. The van der Waals surface area contributed by atoms with Crippen LogP contribution >= 0.6 is 0 Å². The summed E-state index contributed by atoms with van der Waals surface area (Å²) in [5.41, 5.74) is 4.91. The summed E-state index contributed by atoms with van der Waals surface area (Å²) < 4.78 is 198. The number of halogens is 13. The largest absolute Gasteiger partial charge is 0.438 e. The molecule has 0 fully saturated rings. The maximum absolute atomic E-state index is 13.3. The van der Waals surface area contributed by atoms with Gasteiger partial charge in [-0.25, -0.2) is 4.39 Å². The molecule has 18 heteroatoms. The molecule has 0 aliphatic carbocycles. The molecule has 0 saturated heterocycles. The molecule has 0 spiro atoms. The van der Waals surface area contributed by atoms with Gasteiger partial charge in [0.15, 0.2) is 6.17 Å². The van der Waals surface area contributed by atoms with Gasteiger partial charge in [-0.1, -0.05) is 19.4 Å². The number of nitrogens with two attached hydrogens (primary N) is 1. The highest BCUT2D eigenvalue weighted by Gasteiger charge is 2.92. The Labute approximate surface area is 167 Å². The summed E-state index contributed by atoms with van der Waals surface area (Å²) in [6.07, 6.45) is -5.00. The van der Waals surface area contributed by atoms with Gasteiger partial charge in [-0.15, -0.1) is 6.58 Å². The van der Waals surface area contributed by atoms with Crippen LogP contribution in [0.5, 0.6) is 0 Å². The Morgan fingerprint density at radius 1 is 0.871 bits per heavy atom. The lowest BCUT2D eigenvalue weighted by Crippen LogP contribution is -2.72. The van der Waals surface area contributed by atoms with Crippen LogP contribution in [0.1, 0.15) is 19.8 Å². The van der Waals surface area contributed by atoms with Gasteiger partial charge >= 0.3 is 45.0 Å². The highest BCUT2D eigenvalue weighted by Crippen LogP contribution is 2.61. The molecule has 0 aromatic heterocycles. The van der Waals surface area contributed by atoms with E-state index in [0.717, 1.165) is 6.92 Å². The van der Waals surface area contributed by atoms with Gasteiger partial charge in [0.25, 0.3) is 0 Å². The number of alkyl halides is 13. The van der Waals surface area contributed by atoms with Gasteiger partial charge in [0, 0.05) is 6.54 Å². The minimum atomic E-state index is -8.20. The highest BCUT2D eigenvalue weighted by atomic mass is 32.2. The summed E-state index contributed by atoms with van der Waals surface area (Å²) in [6, 6.07) is 0. The Balaban J connectivity index is 0. The van der Waals surface area contributed by atoms with E-state index in [4.69, 9.17) is 10.3 Å². The molecule has 3 N–H and O–H groups in total. The Hall–Kier alpha value is -1.30. The van der Waals surface area contributed by atoms with E-state index in [1.54, 1.807) is 6.08 Å². The molecule has 0 rings (SSSR count). The third kappa shape index (κ3) is 5.20. The van der Waals surface area contributed by atoms with Crippen LogP contribution in [-0.2, 0) is 10.1 Å². The molecular formula is C13H16F13NO3S. The first kappa shape index (κ1) is 31.9. The van der Waals surface area contributed by atoms with Gasteiger partial charge in [0.05, 0.1) is 0 Å². The Kier molecular flexibility index (Phi) is 9.95. The minimum Gasteiger partial charge on any atom is -0.327 e. The average Bonchev–Trinajstić information content (AvgIpc) is 2.60. The Morgan fingerprint density at radius 3 is 1.45 bits per heavy atom. The second-order valence-electron chi connectivity index (χ2n) is 5.69. The second-order valence-corrected chi connectivity index (χ2v) is 7.16. The Bertz CT molecular complexity index is 709. The summed E-state index contributed by atoms with van der Waals surface area (Å²) in [7, 11) is -7.61. The maximum Gasteiger partial charge on any atom is 0.438 e. The number of rotatable bonds is 10. The van der Waals surface area contributed by atoms with E-state index in [1.165, 1.54) is 0 Å².